The number of aromatic nitrogens is 1. The molecule has 1 aromatic heterocycles. The van der Waals surface area contributed by atoms with E-state index in [2.05, 4.69) is 60.0 Å². The van der Waals surface area contributed by atoms with Crippen molar-refractivity contribution in [1.29, 1.82) is 0 Å². The summed E-state index contributed by atoms with van der Waals surface area (Å²) in [5.74, 6) is 0.0249. The molecule has 0 radical (unpaired) electrons. The number of rotatable bonds is 5. The fraction of sp³-hybridized carbons (Fsp3) is 0.0645. The molecule has 4 aromatic carbocycles. The van der Waals surface area contributed by atoms with Gasteiger partial charge < -0.3 is 4.57 Å². The lowest BCUT2D eigenvalue weighted by atomic mass is 9.93. The zero-order valence-corrected chi connectivity index (χ0v) is 18.8. The molecular formula is C31H25NO. The fourth-order valence-electron chi connectivity index (χ4n) is 4.22. The Balaban J connectivity index is 1.83. The van der Waals surface area contributed by atoms with Gasteiger partial charge in [-0.15, -0.1) is 0 Å². The Hall–Kier alpha value is -4.17. The molecule has 0 aliphatic carbocycles. The van der Waals surface area contributed by atoms with Crippen molar-refractivity contribution in [3.8, 4) is 28.1 Å². The van der Waals surface area contributed by atoms with Crippen LogP contribution in [0.5, 0.6) is 0 Å². The molecule has 5 aromatic rings. The van der Waals surface area contributed by atoms with Crippen molar-refractivity contribution in [1.82, 2.24) is 4.57 Å². The first-order valence-corrected chi connectivity index (χ1v) is 11.2. The number of hydrogen-bond donors (Lipinski definition) is 0. The van der Waals surface area contributed by atoms with E-state index in [-0.39, 0.29) is 5.78 Å². The van der Waals surface area contributed by atoms with Crippen molar-refractivity contribution in [2.24, 2.45) is 0 Å². The van der Waals surface area contributed by atoms with Crippen LogP contribution in [0.1, 0.15) is 27.0 Å². The predicted molar refractivity (Wildman–Crippen MR) is 136 cm³/mol. The van der Waals surface area contributed by atoms with Crippen molar-refractivity contribution < 1.29 is 4.79 Å². The molecule has 160 valence electrons. The molecule has 0 bridgehead atoms. The molecule has 33 heavy (non-hydrogen) atoms. The first kappa shape index (κ1) is 20.7. The summed E-state index contributed by atoms with van der Waals surface area (Å²) in [6, 6.07) is 36.7. The van der Waals surface area contributed by atoms with E-state index in [9.17, 15) is 4.79 Å². The Morgan fingerprint density at radius 2 is 1.15 bits per heavy atom. The molecule has 0 unspecified atom stereocenters. The van der Waals surface area contributed by atoms with Crippen LogP contribution in [0, 0.1) is 13.8 Å². The summed E-state index contributed by atoms with van der Waals surface area (Å²) >= 11 is 0. The summed E-state index contributed by atoms with van der Waals surface area (Å²) in [6.45, 7) is 4.12. The highest BCUT2D eigenvalue weighted by molar-refractivity contribution is 6.15. The van der Waals surface area contributed by atoms with Gasteiger partial charge in [0.1, 0.15) is 0 Å². The van der Waals surface area contributed by atoms with Crippen LogP contribution in [0.3, 0.4) is 0 Å². The minimum absolute atomic E-state index is 0.0249. The van der Waals surface area contributed by atoms with Gasteiger partial charge in [-0.2, -0.15) is 0 Å². The van der Waals surface area contributed by atoms with E-state index in [0.717, 1.165) is 33.6 Å². The van der Waals surface area contributed by atoms with E-state index < -0.39 is 0 Å². The molecule has 0 aliphatic heterocycles. The number of carbonyl (C=O) groups is 1. The van der Waals surface area contributed by atoms with Crippen LogP contribution in [-0.4, -0.2) is 10.4 Å². The third-order valence-corrected chi connectivity index (χ3v) is 5.99. The predicted octanol–water partition coefficient (Wildman–Crippen LogP) is 7.66. The maximum absolute atomic E-state index is 13.8. The fourth-order valence-corrected chi connectivity index (χ4v) is 4.22. The minimum atomic E-state index is 0.0249. The van der Waals surface area contributed by atoms with Crippen LogP contribution in [0.15, 0.2) is 115 Å². The minimum Gasteiger partial charge on any atom is -0.315 e. The number of benzene rings is 4. The average Bonchev–Trinajstić information content (AvgIpc) is 3.26. The van der Waals surface area contributed by atoms with Gasteiger partial charge in [0.25, 0.3) is 0 Å². The maximum atomic E-state index is 13.8. The zero-order valence-electron chi connectivity index (χ0n) is 18.8. The summed E-state index contributed by atoms with van der Waals surface area (Å²) in [5.41, 5.74) is 8.82. The van der Waals surface area contributed by atoms with E-state index in [1.165, 1.54) is 5.56 Å². The van der Waals surface area contributed by atoms with Gasteiger partial charge >= 0.3 is 0 Å². The first-order chi connectivity index (χ1) is 16.1. The van der Waals surface area contributed by atoms with Crippen molar-refractivity contribution in [3.05, 3.63) is 138 Å². The van der Waals surface area contributed by atoms with Gasteiger partial charge in [-0.3, -0.25) is 4.79 Å². The largest absolute Gasteiger partial charge is 0.315 e. The van der Waals surface area contributed by atoms with Gasteiger partial charge in [-0.25, -0.2) is 0 Å². The number of carbonyl (C=O) groups excluding carboxylic acids is 1. The lowest BCUT2D eigenvalue weighted by Gasteiger charge is -2.13. The quantitative estimate of drug-likeness (QED) is 0.264. The smallest absolute Gasteiger partial charge is 0.195 e. The molecule has 0 atom stereocenters. The Morgan fingerprint density at radius 3 is 1.76 bits per heavy atom. The number of para-hydroxylation sites is 1. The van der Waals surface area contributed by atoms with Crippen LogP contribution < -0.4 is 0 Å². The van der Waals surface area contributed by atoms with Crippen molar-refractivity contribution in [2.45, 2.75) is 13.8 Å². The lowest BCUT2D eigenvalue weighted by molar-refractivity contribution is 0.103. The highest BCUT2D eigenvalue weighted by atomic mass is 16.1. The Kier molecular flexibility index (Phi) is 5.50. The molecule has 0 amide bonds. The molecule has 0 fully saturated rings. The molecule has 0 spiro atoms. The molecule has 0 N–H and O–H groups in total. The number of ketones is 1. The van der Waals surface area contributed by atoms with Crippen molar-refractivity contribution >= 4 is 5.78 Å². The Labute approximate surface area is 194 Å². The second-order valence-electron chi connectivity index (χ2n) is 8.40. The molecule has 0 saturated heterocycles. The van der Waals surface area contributed by atoms with E-state index in [1.807, 2.05) is 73.8 Å². The maximum Gasteiger partial charge on any atom is 0.195 e. The molecule has 2 heteroatoms. The van der Waals surface area contributed by atoms with E-state index >= 15 is 0 Å². The third-order valence-electron chi connectivity index (χ3n) is 5.99. The molecular weight excluding hydrogens is 402 g/mol. The molecule has 0 saturated carbocycles. The zero-order chi connectivity index (χ0) is 22.8. The van der Waals surface area contributed by atoms with E-state index in [1.54, 1.807) is 0 Å². The van der Waals surface area contributed by atoms with Gasteiger partial charge in [0.05, 0.1) is 5.69 Å². The van der Waals surface area contributed by atoms with Gasteiger partial charge in [0, 0.05) is 28.6 Å². The number of aryl methyl sites for hydroxylation is 2. The van der Waals surface area contributed by atoms with Crippen LogP contribution in [0.2, 0.25) is 0 Å². The Morgan fingerprint density at radius 1 is 0.606 bits per heavy atom. The third kappa shape index (κ3) is 4.04. The normalized spacial score (nSPS) is 10.8. The summed E-state index contributed by atoms with van der Waals surface area (Å²) in [7, 11) is 0. The summed E-state index contributed by atoms with van der Waals surface area (Å²) in [6.07, 6.45) is 2.00. The summed E-state index contributed by atoms with van der Waals surface area (Å²) in [5, 5.41) is 0. The highest BCUT2D eigenvalue weighted by Gasteiger charge is 2.24. The number of hydrogen-bond acceptors (Lipinski definition) is 1. The van der Waals surface area contributed by atoms with E-state index in [4.69, 9.17) is 0 Å². The second-order valence-corrected chi connectivity index (χ2v) is 8.40. The van der Waals surface area contributed by atoms with E-state index in [0.29, 0.717) is 11.1 Å². The first-order valence-electron chi connectivity index (χ1n) is 11.2. The molecule has 2 nitrogen and oxygen atoms in total. The van der Waals surface area contributed by atoms with Gasteiger partial charge in [0.15, 0.2) is 5.78 Å². The van der Waals surface area contributed by atoms with Crippen molar-refractivity contribution in [2.75, 3.05) is 0 Å². The second kappa shape index (κ2) is 8.76. The van der Waals surface area contributed by atoms with Crippen LogP contribution in [0.25, 0.3) is 28.1 Å². The Bertz CT molecular complexity index is 1390. The van der Waals surface area contributed by atoms with Crippen LogP contribution >= 0.6 is 0 Å². The van der Waals surface area contributed by atoms with Gasteiger partial charge in [-0.05, 0) is 37.1 Å². The van der Waals surface area contributed by atoms with Crippen LogP contribution in [0.4, 0.5) is 0 Å². The highest BCUT2D eigenvalue weighted by Crippen LogP contribution is 2.39. The van der Waals surface area contributed by atoms with Crippen LogP contribution in [-0.2, 0) is 0 Å². The van der Waals surface area contributed by atoms with Gasteiger partial charge in [-0.1, -0.05) is 108 Å². The van der Waals surface area contributed by atoms with Gasteiger partial charge in [0.2, 0.25) is 0 Å². The molecule has 0 aliphatic rings. The topological polar surface area (TPSA) is 22.0 Å². The SMILES string of the molecule is Cc1ccc(C(=O)c2cn(-c3ccccc3)c(-c3ccc(C)cc3)c2-c2ccccc2)cc1. The summed E-state index contributed by atoms with van der Waals surface area (Å²) < 4.78 is 2.15. The standard InChI is InChI=1S/C31H25NO/c1-22-13-17-25(18-14-22)30-29(24-9-5-3-6-10-24)28(21-32(30)27-11-7-4-8-12-27)31(33)26-19-15-23(2)16-20-26/h3-21H,1-2H3. The molecule has 5 rings (SSSR count). The molecule has 1 heterocycles. The number of nitrogens with zero attached hydrogens (tertiary/aromatic N) is 1. The van der Waals surface area contributed by atoms with Crippen molar-refractivity contribution in [3.63, 3.8) is 0 Å². The summed E-state index contributed by atoms with van der Waals surface area (Å²) in [4.78, 5) is 13.8. The average molecular weight is 428 g/mol. The lowest BCUT2D eigenvalue weighted by Crippen LogP contribution is -2.02. The monoisotopic (exact) mass is 427 g/mol.